The standard InChI is InChI=1S/C13H22N4O3S.C6H10O8.Ca/c1-14-13(9-17(18)19)15-6-7-21-10-12-5-4-11(20-12)8-16(2)3;7-1(3(9)5(11)12)2(8)4(10)6(13)14;/h4-5,9,14-15H,6-8,10H2,1-3H3;1-4,7-10H,(H,11,12)(H,13,14);/q;;+2/p-2/b13-9-;;/t;1-,2-,3-,4+;/m.0./s1. The van der Waals surface area contributed by atoms with E-state index in [1.165, 1.54) is 0 Å². The average Bonchev–Trinajstić information content (AvgIpc) is 3.22. The Labute approximate surface area is 241 Å². The molecule has 1 rings (SSSR count). The molecule has 0 aliphatic rings. The van der Waals surface area contributed by atoms with Gasteiger partial charge in [-0.3, -0.25) is 10.1 Å². The van der Waals surface area contributed by atoms with Gasteiger partial charge in [0.1, 0.15) is 35.9 Å². The van der Waals surface area contributed by atoms with Crippen LogP contribution in [0.25, 0.3) is 0 Å². The van der Waals surface area contributed by atoms with E-state index in [1.807, 2.05) is 26.2 Å². The van der Waals surface area contributed by atoms with Crippen molar-refractivity contribution in [1.82, 2.24) is 15.5 Å². The van der Waals surface area contributed by atoms with Crippen molar-refractivity contribution in [1.29, 1.82) is 0 Å². The van der Waals surface area contributed by atoms with Gasteiger partial charge in [-0.25, -0.2) is 0 Å². The van der Waals surface area contributed by atoms with E-state index in [2.05, 4.69) is 15.5 Å². The number of carbonyl (C=O) groups excluding carboxylic acids is 2. The summed E-state index contributed by atoms with van der Waals surface area (Å²) in [5.41, 5.74) is 0. The predicted molar refractivity (Wildman–Crippen MR) is 124 cm³/mol. The maximum Gasteiger partial charge on any atom is 2.00 e. The minimum absolute atomic E-state index is 0. The van der Waals surface area contributed by atoms with Gasteiger partial charge in [0.25, 0.3) is 6.20 Å². The van der Waals surface area contributed by atoms with Crippen molar-refractivity contribution in [3.05, 3.63) is 45.8 Å². The van der Waals surface area contributed by atoms with Crippen molar-refractivity contribution < 1.29 is 49.6 Å². The summed E-state index contributed by atoms with van der Waals surface area (Å²) in [7, 11) is 5.64. The molecule has 0 fully saturated rings. The molecule has 0 aromatic carbocycles. The fourth-order valence-electron chi connectivity index (χ4n) is 2.28. The number of carboxylic acids is 2. The van der Waals surface area contributed by atoms with Crippen LogP contribution in [0.15, 0.2) is 28.6 Å². The average molecular weight is 563 g/mol. The number of carbonyl (C=O) groups is 2. The topological polar surface area (TPSA) is 245 Å². The van der Waals surface area contributed by atoms with Crippen LogP contribution in [0.3, 0.4) is 0 Å². The quantitative estimate of drug-likeness (QED) is 0.0507. The monoisotopic (exact) mass is 562 g/mol. The maximum atomic E-state index is 10.3. The number of rotatable bonds is 15. The van der Waals surface area contributed by atoms with Crippen LogP contribution in [-0.4, -0.2) is 138 Å². The smallest absolute Gasteiger partial charge is 0.547 e. The molecule has 1 aromatic heterocycles. The van der Waals surface area contributed by atoms with Gasteiger partial charge in [-0.2, -0.15) is 11.8 Å². The fraction of sp³-hybridized carbons (Fsp3) is 0.579. The normalized spacial score (nSPS) is 14.4. The molecule has 0 spiro atoms. The molecule has 0 bridgehead atoms. The zero-order valence-electron chi connectivity index (χ0n) is 20.0. The second kappa shape index (κ2) is 19.5. The van der Waals surface area contributed by atoms with E-state index in [-0.39, 0.29) is 37.7 Å². The number of nitro groups is 1. The van der Waals surface area contributed by atoms with E-state index in [9.17, 15) is 29.9 Å². The van der Waals surface area contributed by atoms with Crippen LogP contribution < -0.4 is 20.8 Å². The first-order chi connectivity index (χ1) is 16.3. The number of hydrogen-bond acceptors (Lipinski definition) is 15. The Kier molecular flexibility index (Phi) is 19.8. The summed E-state index contributed by atoms with van der Waals surface area (Å²) in [6, 6.07) is 3.98. The van der Waals surface area contributed by atoms with Gasteiger partial charge in [-0.05, 0) is 26.2 Å². The minimum Gasteiger partial charge on any atom is -0.547 e. The zero-order valence-corrected chi connectivity index (χ0v) is 23.1. The number of nitrogens with one attached hydrogen (secondary N) is 2. The van der Waals surface area contributed by atoms with Gasteiger partial charge in [0.15, 0.2) is 5.82 Å². The van der Waals surface area contributed by atoms with E-state index in [0.29, 0.717) is 12.4 Å². The maximum absolute atomic E-state index is 10.3. The molecule has 0 unspecified atom stereocenters. The van der Waals surface area contributed by atoms with E-state index < -0.39 is 41.3 Å². The number of aliphatic hydroxyl groups excluding tert-OH is 4. The van der Waals surface area contributed by atoms with Gasteiger partial charge in [0.2, 0.25) is 0 Å². The summed E-state index contributed by atoms with van der Waals surface area (Å²) >= 11 is 1.72. The number of nitrogens with zero attached hydrogens (tertiary/aromatic N) is 2. The minimum atomic E-state index is -2.50. The summed E-state index contributed by atoms with van der Waals surface area (Å²) in [5.74, 6) is -0.272. The Balaban J connectivity index is 0. The van der Waals surface area contributed by atoms with Gasteiger partial charge in [0.05, 0.1) is 29.2 Å². The Morgan fingerprint density at radius 1 is 1.11 bits per heavy atom. The molecule has 1 heterocycles. The second-order valence-electron chi connectivity index (χ2n) is 7.17. The van der Waals surface area contributed by atoms with Crippen LogP contribution in [0.5, 0.6) is 0 Å². The number of aliphatic hydroxyl groups is 4. The van der Waals surface area contributed by atoms with E-state index >= 15 is 0 Å². The van der Waals surface area contributed by atoms with Crippen molar-refractivity contribution in [2.24, 2.45) is 0 Å². The van der Waals surface area contributed by atoms with Crippen LogP contribution in [-0.2, 0) is 21.9 Å². The number of carboxylic acid groups (broad SMARTS) is 2. The van der Waals surface area contributed by atoms with E-state index in [4.69, 9.17) is 24.8 Å². The molecule has 200 valence electrons. The molecule has 1 aromatic rings. The molecule has 15 nitrogen and oxygen atoms in total. The summed E-state index contributed by atoms with van der Waals surface area (Å²) in [6.07, 6.45) is -8.84. The van der Waals surface area contributed by atoms with Gasteiger partial charge < -0.3 is 60.2 Å². The molecular weight excluding hydrogens is 532 g/mol. The molecule has 0 saturated heterocycles. The Bertz CT molecular complexity index is 816. The third kappa shape index (κ3) is 15.5. The SMILES string of the molecule is CN/C(=C/[N+](=O)[O-])NCCSCc1ccc(CN(C)C)o1.O=C([O-])[C@@H](O)[C@@H](O)[C@H](O)[C@@H](O)C(=O)[O-].[Ca+2]. The molecule has 0 aliphatic carbocycles. The first kappa shape index (κ1) is 36.5. The van der Waals surface area contributed by atoms with Gasteiger partial charge in [0, 0.05) is 19.3 Å². The molecule has 17 heteroatoms. The van der Waals surface area contributed by atoms with Crippen LogP contribution in [0, 0.1) is 10.1 Å². The molecule has 0 amide bonds. The first-order valence-electron chi connectivity index (χ1n) is 10.0. The zero-order chi connectivity index (χ0) is 27.1. The Morgan fingerprint density at radius 2 is 1.61 bits per heavy atom. The van der Waals surface area contributed by atoms with Crippen LogP contribution >= 0.6 is 11.8 Å². The predicted octanol–water partition coefficient (Wildman–Crippen LogP) is -4.99. The Morgan fingerprint density at radius 3 is 2.03 bits per heavy atom. The van der Waals surface area contributed by atoms with Crippen molar-refractivity contribution in [2.75, 3.05) is 33.4 Å². The van der Waals surface area contributed by atoms with Gasteiger partial charge >= 0.3 is 37.7 Å². The molecule has 0 saturated carbocycles. The van der Waals surface area contributed by atoms with Crippen molar-refractivity contribution in [2.45, 2.75) is 36.7 Å². The number of hydrogen-bond donors (Lipinski definition) is 6. The van der Waals surface area contributed by atoms with Crippen molar-refractivity contribution in [3.63, 3.8) is 0 Å². The summed E-state index contributed by atoms with van der Waals surface area (Å²) in [5, 5.41) is 70.8. The number of furan rings is 1. The third-order valence-electron chi connectivity index (χ3n) is 3.98. The molecular formula is C19H30CaN4O11S. The largest absolute Gasteiger partial charge is 2.00 e. The number of aliphatic carboxylic acids is 2. The first-order valence-corrected chi connectivity index (χ1v) is 11.2. The molecule has 0 radical (unpaired) electrons. The van der Waals surface area contributed by atoms with E-state index in [0.717, 1.165) is 35.8 Å². The van der Waals surface area contributed by atoms with Gasteiger partial charge in [-0.15, -0.1) is 0 Å². The van der Waals surface area contributed by atoms with Gasteiger partial charge in [-0.1, -0.05) is 0 Å². The van der Waals surface area contributed by atoms with E-state index in [1.54, 1.807) is 18.8 Å². The summed E-state index contributed by atoms with van der Waals surface area (Å²) < 4.78 is 5.70. The summed E-state index contributed by atoms with van der Waals surface area (Å²) in [6.45, 7) is 1.44. The molecule has 4 atom stereocenters. The van der Waals surface area contributed by atoms with Crippen LogP contribution in [0.1, 0.15) is 11.5 Å². The van der Waals surface area contributed by atoms with Crippen molar-refractivity contribution >= 4 is 61.4 Å². The second-order valence-corrected chi connectivity index (χ2v) is 8.28. The molecule has 0 aliphatic heterocycles. The number of thioether (sulfide) groups is 1. The third-order valence-corrected chi connectivity index (χ3v) is 4.96. The Hall–Kier alpha value is -1.63. The fourth-order valence-corrected chi connectivity index (χ4v) is 3.03. The van der Waals surface area contributed by atoms with Crippen LogP contribution in [0.2, 0.25) is 0 Å². The molecule has 6 N–H and O–H groups in total. The summed E-state index contributed by atoms with van der Waals surface area (Å²) in [4.78, 5) is 31.8. The molecule has 36 heavy (non-hydrogen) atoms. The van der Waals surface area contributed by atoms with Crippen molar-refractivity contribution in [3.8, 4) is 0 Å². The van der Waals surface area contributed by atoms with Crippen LogP contribution in [0.4, 0.5) is 0 Å².